The third-order valence-electron chi connectivity index (χ3n) is 4.41. The van der Waals surface area contributed by atoms with Gasteiger partial charge in [-0.1, -0.05) is 12.8 Å². The first-order chi connectivity index (χ1) is 9.46. The lowest BCUT2D eigenvalue weighted by atomic mass is 9.92. The molecule has 0 aromatic heterocycles. The van der Waals surface area contributed by atoms with Crippen LogP contribution in [-0.4, -0.2) is 46.4 Å². The van der Waals surface area contributed by atoms with Crippen molar-refractivity contribution < 1.29 is 19.5 Å². The van der Waals surface area contributed by atoms with E-state index in [0.29, 0.717) is 25.9 Å². The summed E-state index contributed by atoms with van der Waals surface area (Å²) in [6.07, 6.45) is 3.52. The second-order valence-corrected chi connectivity index (χ2v) is 5.88. The zero-order chi connectivity index (χ0) is 14.8. The molecule has 20 heavy (non-hydrogen) atoms. The molecule has 1 atom stereocenters. The van der Waals surface area contributed by atoms with E-state index in [-0.39, 0.29) is 30.6 Å². The van der Waals surface area contributed by atoms with Gasteiger partial charge in [0, 0.05) is 19.5 Å². The highest BCUT2D eigenvalue weighted by molar-refractivity contribution is 5.89. The fraction of sp³-hybridized carbons (Fsp3) is 0.786. The third kappa shape index (κ3) is 3.11. The minimum atomic E-state index is -0.884. The second-order valence-electron chi connectivity index (χ2n) is 5.88. The molecular weight excluding hydrogens is 260 g/mol. The van der Waals surface area contributed by atoms with Crippen molar-refractivity contribution in [2.75, 3.05) is 13.1 Å². The van der Waals surface area contributed by atoms with Gasteiger partial charge in [0.15, 0.2) is 0 Å². The normalized spacial score (nSPS) is 24.9. The molecular formula is C14H22N2O4. The van der Waals surface area contributed by atoms with Gasteiger partial charge in [0.1, 0.15) is 0 Å². The number of nitrogens with zero attached hydrogens (tertiary/aromatic N) is 1. The summed E-state index contributed by atoms with van der Waals surface area (Å²) in [4.78, 5) is 36.6. The summed E-state index contributed by atoms with van der Waals surface area (Å²) in [6, 6.07) is 0. The van der Waals surface area contributed by atoms with Crippen LogP contribution in [0.25, 0.3) is 0 Å². The van der Waals surface area contributed by atoms with Crippen molar-refractivity contribution in [2.24, 2.45) is 5.92 Å². The van der Waals surface area contributed by atoms with Crippen LogP contribution in [0.3, 0.4) is 0 Å². The first-order valence-electron chi connectivity index (χ1n) is 7.27. The molecule has 0 radical (unpaired) electrons. The zero-order valence-electron chi connectivity index (χ0n) is 11.9. The Morgan fingerprint density at radius 2 is 2.05 bits per heavy atom. The predicted molar refractivity (Wildman–Crippen MR) is 72.0 cm³/mol. The number of carboxylic acid groups (broad SMARTS) is 1. The lowest BCUT2D eigenvalue weighted by molar-refractivity contribution is -0.139. The van der Waals surface area contributed by atoms with E-state index < -0.39 is 11.5 Å². The molecule has 1 heterocycles. The molecule has 2 rings (SSSR count). The molecule has 1 aliphatic heterocycles. The van der Waals surface area contributed by atoms with Crippen LogP contribution in [0, 0.1) is 5.92 Å². The number of carbonyl (C=O) groups excluding carboxylic acids is 2. The molecule has 0 aromatic rings. The van der Waals surface area contributed by atoms with Gasteiger partial charge in [0.05, 0.1) is 17.9 Å². The summed E-state index contributed by atoms with van der Waals surface area (Å²) in [5, 5.41) is 12.0. The number of carbonyl (C=O) groups is 3. The molecule has 6 nitrogen and oxygen atoms in total. The van der Waals surface area contributed by atoms with Gasteiger partial charge in [-0.25, -0.2) is 0 Å². The fourth-order valence-electron chi connectivity index (χ4n) is 3.30. The minimum Gasteiger partial charge on any atom is -0.481 e. The van der Waals surface area contributed by atoms with Crippen LogP contribution < -0.4 is 5.32 Å². The van der Waals surface area contributed by atoms with Gasteiger partial charge in [-0.2, -0.15) is 0 Å². The predicted octanol–water partition coefficient (Wildman–Crippen LogP) is 0.758. The summed E-state index contributed by atoms with van der Waals surface area (Å²) in [7, 11) is 0. The topological polar surface area (TPSA) is 86.7 Å². The average Bonchev–Trinajstić information content (AvgIpc) is 2.95. The Hall–Kier alpha value is -1.59. The quantitative estimate of drug-likeness (QED) is 0.779. The molecule has 2 amide bonds. The van der Waals surface area contributed by atoms with Crippen LogP contribution in [0.15, 0.2) is 0 Å². The summed E-state index contributed by atoms with van der Waals surface area (Å²) in [6.45, 7) is 2.95. The highest BCUT2D eigenvalue weighted by Crippen LogP contribution is 2.33. The number of amides is 2. The smallest absolute Gasteiger partial charge is 0.305 e. The second kappa shape index (κ2) is 5.81. The Kier molecular flexibility index (Phi) is 4.30. The number of hydrogen-bond donors (Lipinski definition) is 2. The first-order valence-corrected chi connectivity index (χ1v) is 7.27. The van der Waals surface area contributed by atoms with E-state index in [9.17, 15) is 14.4 Å². The van der Waals surface area contributed by atoms with E-state index in [2.05, 4.69) is 5.32 Å². The zero-order valence-corrected chi connectivity index (χ0v) is 11.9. The summed E-state index contributed by atoms with van der Waals surface area (Å²) in [5.74, 6) is -1.39. The molecule has 0 aromatic carbocycles. The molecule has 1 saturated heterocycles. The lowest BCUT2D eigenvalue weighted by Crippen LogP contribution is -2.50. The average molecular weight is 282 g/mol. The van der Waals surface area contributed by atoms with Crippen LogP contribution >= 0.6 is 0 Å². The summed E-state index contributed by atoms with van der Waals surface area (Å²) < 4.78 is 0. The number of aliphatic carboxylic acids is 1. The Balaban J connectivity index is 1.99. The van der Waals surface area contributed by atoms with E-state index >= 15 is 0 Å². The Labute approximate surface area is 118 Å². The monoisotopic (exact) mass is 282 g/mol. The van der Waals surface area contributed by atoms with Crippen LogP contribution in [0.4, 0.5) is 0 Å². The fourth-order valence-corrected chi connectivity index (χ4v) is 3.30. The molecule has 2 fully saturated rings. The molecule has 1 aliphatic carbocycles. The van der Waals surface area contributed by atoms with Crippen LogP contribution in [0.1, 0.15) is 45.4 Å². The van der Waals surface area contributed by atoms with Crippen molar-refractivity contribution in [3.8, 4) is 0 Å². The maximum Gasteiger partial charge on any atom is 0.305 e. The number of rotatable bonds is 5. The number of likely N-dealkylation sites (tertiary alicyclic amines) is 1. The van der Waals surface area contributed by atoms with E-state index in [1.54, 1.807) is 4.90 Å². The van der Waals surface area contributed by atoms with Crippen molar-refractivity contribution in [3.05, 3.63) is 0 Å². The summed E-state index contributed by atoms with van der Waals surface area (Å²) >= 11 is 0. The summed E-state index contributed by atoms with van der Waals surface area (Å²) in [5.41, 5.74) is -0.606. The number of nitrogens with one attached hydrogen (secondary N) is 1. The Bertz CT molecular complexity index is 415. The standard InChI is InChI=1S/C14H22N2O4/c1-2-16-9-10(7-11(16)17)13(20)15-14(8-12(18)19)5-3-4-6-14/h10H,2-9H2,1H3,(H,15,20)(H,18,19). The molecule has 2 N–H and O–H groups in total. The molecule has 0 bridgehead atoms. The number of carboxylic acids is 1. The van der Waals surface area contributed by atoms with Gasteiger partial charge in [-0.05, 0) is 19.8 Å². The number of hydrogen-bond acceptors (Lipinski definition) is 3. The largest absolute Gasteiger partial charge is 0.481 e. The Morgan fingerprint density at radius 1 is 1.40 bits per heavy atom. The maximum absolute atomic E-state index is 12.3. The van der Waals surface area contributed by atoms with Gasteiger partial charge < -0.3 is 15.3 Å². The van der Waals surface area contributed by atoms with Crippen molar-refractivity contribution in [2.45, 2.75) is 51.0 Å². The van der Waals surface area contributed by atoms with Crippen molar-refractivity contribution in [1.29, 1.82) is 0 Å². The highest BCUT2D eigenvalue weighted by Gasteiger charge is 2.41. The van der Waals surface area contributed by atoms with E-state index in [0.717, 1.165) is 12.8 Å². The highest BCUT2D eigenvalue weighted by atomic mass is 16.4. The SMILES string of the molecule is CCN1CC(C(=O)NC2(CC(=O)O)CCCC2)CC1=O. The van der Waals surface area contributed by atoms with Crippen LogP contribution in [0.2, 0.25) is 0 Å². The van der Waals surface area contributed by atoms with Gasteiger partial charge in [0.25, 0.3) is 0 Å². The van der Waals surface area contributed by atoms with Crippen LogP contribution in [-0.2, 0) is 14.4 Å². The molecule has 6 heteroatoms. The van der Waals surface area contributed by atoms with Crippen molar-refractivity contribution in [3.63, 3.8) is 0 Å². The molecule has 112 valence electrons. The minimum absolute atomic E-state index is 0.00589. The molecule has 1 unspecified atom stereocenters. The Morgan fingerprint density at radius 3 is 2.55 bits per heavy atom. The van der Waals surface area contributed by atoms with Gasteiger partial charge in [-0.3, -0.25) is 14.4 Å². The molecule has 0 spiro atoms. The molecule has 1 saturated carbocycles. The van der Waals surface area contributed by atoms with Gasteiger partial charge in [-0.15, -0.1) is 0 Å². The lowest BCUT2D eigenvalue weighted by Gasteiger charge is -2.30. The van der Waals surface area contributed by atoms with Crippen LogP contribution in [0.5, 0.6) is 0 Å². The van der Waals surface area contributed by atoms with E-state index in [1.165, 1.54) is 0 Å². The first kappa shape index (κ1) is 14.8. The third-order valence-corrected chi connectivity index (χ3v) is 4.41. The van der Waals surface area contributed by atoms with Crippen molar-refractivity contribution >= 4 is 17.8 Å². The van der Waals surface area contributed by atoms with Gasteiger partial charge >= 0.3 is 5.97 Å². The van der Waals surface area contributed by atoms with E-state index in [4.69, 9.17) is 5.11 Å². The maximum atomic E-state index is 12.3. The van der Waals surface area contributed by atoms with E-state index in [1.807, 2.05) is 6.92 Å². The van der Waals surface area contributed by atoms with Crippen molar-refractivity contribution in [1.82, 2.24) is 10.2 Å². The van der Waals surface area contributed by atoms with Gasteiger partial charge in [0.2, 0.25) is 11.8 Å². The molecule has 2 aliphatic rings.